The summed E-state index contributed by atoms with van der Waals surface area (Å²) in [5.74, 6) is 0.0433. The van der Waals surface area contributed by atoms with Crippen LogP contribution in [-0.2, 0) is 11.2 Å². The molecule has 1 amide bonds. The molecule has 3 rings (SSSR count). The van der Waals surface area contributed by atoms with Crippen LogP contribution in [0, 0.1) is 22.7 Å². The maximum atomic E-state index is 12.8. The van der Waals surface area contributed by atoms with Gasteiger partial charge in [0, 0.05) is 25.2 Å². The number of nitriles is 2. The van der Waals surface area contributed by atoms with Crippen LogP contribution in [0.1, 0.15) is 49.3 Å². The van der Waals surface area contributed by atoms with E-state index in [0.717, 1.165) is 25.7 Å². The van der Waals surface area contributed by atoms with E-state index < -0.39 is 0 Å². The second kappa shape index (κ2) is 8.14. The Hall–Kier alpha value is -2.37. The molecule has 0 unspecified atom stereocenters. The number of benzene rings is 1. The van der Waals surface area contributed by atoms with Gasteiger partial charge in [0.2, 0.25) is 5.91 Å². The normalized spacial score (nSPS) is 18.4. The van der Waals surface area contributed by atoms with E-state index in [1.807, 2.05) is 0 Å². The molecule has 130 valence electrons. The summed E-state index contributed by atoms with van der Waals surface area (Å²) in [6, 6.07) is 13.5. The van der Waals surface area contributed by atoms with Gasteiger partial charge in [-0.2, -0.15) is 10.5 Å². The molecular weight excluding hydrogens is 312 g/mol. The summed E-state index contributed by atoms with van der Waals surface area (Å²) in [5.41, 5.74) is 2.76. The van der Waals surface area contributed by atoms with Gasteiger partial charge in [-0.15, -0.1) is 0 Å². The van der Waals surface area contributed by atoms with Crippen LogP contribution in [-0.4, -0.2) is 41.4 Å². The maximum absolute atomic E-state index is 12.8. The highest BCUT2D eigenvalue weighted by atomic mass is 16.2. The van der Waals surface area contributed by atoms with E-state index in [-0.39, 0.29) is 5.91 Å². The van der Waals surface area contributed by atoms with Gasteiger partial charge in [0.25, 0.3) is 0 Å². The largest absolute Gasteiger partial charge is 0.340 e. The molecular formula is C20H24N4O. The number of fused-ring (bicyclic) bond motifs is 1. The SMILES string of the molecule is N#CCCN(CCC#N)C(=O)CN(C1CC1)[C@H]1CCc2ccccc21. The molecule has 5 nitrogen and oxygen atoms in total. The fourth-order valence-corrected chi connectivity index (χ4v) is 3.77. The Balaban J connectivity index is 1.70. The van der Waals surface area contributed by atoms with Crippen molar-refractivity contribution in [1.82, 2.24) is 9.80 Å². The fourth-order valence-electron chi connectivity index (χ4n) is 3.77. The van der Waals surface area contributed by atoms with Gasteiger partial charge in [-0.1, -0.05) is 24.3 Å². The molecule has 0 aromatic heterocycles. The average Bonchev–Trinajstić information content (AvgIpc) is 3.39. The predicted octanol–water partition coefficient (Wildman–Crippen LogP) is 2.79. The maximum Gasteiger partial charge on any atom is 0.236 e. The molecule has 0 saturated heterocycles. The summed E-state index contributed by atoms with van der Waals surface area (Å²) < 4.78 is 0. The number of amides is 1. The molecule has 5 heteroatoms. The number of carbonyl (C=O) groups excluding carboxylic acids is 1. The van der Waals surface area contributed by atoms with Crippen LogP contribution in [0.4, 0.5) is 0 Å². The average molecular weight is 336 g/mol. The topological polar surface area (TPSA) is 71.1 Å². The number of carbonyl (C=O) groups is 1. The van der Waals surface area contributed by atoms with Crippen molar-refractivity contribution in [2.24, 2.45) is 0 Å². The zero-order chi connectivity index (χ0) is 17.6. The van der Waals surface area contributed by atoms with Crippen LogP contribution < -0.4 is 0 Å². The zero-order valence-electron chi connectivity index (χ0n) is 14.5. The Morgan fingerprint density at radius 1 is 1.08 bits per heavy atom. The summed E-state index contributed by atoms with van der Waals surface area (Å²) in [4.78, 5) is 16.9. The van der Waals surface area contributed by atoms with E-state index in [9.17, 15) is 4.79 Å². The van der Waals surface area contributed by atoms with Crippen molar-refractivity contribution < 1.29 is 4.79 Å². The van der Waals surface area contributed by atoms with Gasteiger partial charge in [-0.3, -0.25) is 9.69 Å². The van der Waals surface area contributed by atoms with Crippen molar-refractivity contribution >= 4 is 5.91 Å². The molecule has 0 spiro atoms. The second-order valence-corrected chi connectivity index (χ2v) is 6.85. The lowest BCUT2D eigenvalue weighted by atomic mass is 10.1. The zero-order valence-corrected chi connectivity index (χ0v) is 14.5. The molecule has 1 aromatic rings. The fraction of sp³-hybridized carbons (Fsp3) is 0.550. The van der Waals surface area contributed by atoms with Crippen molar-refractivity contribution in [2.75, 3.05) is 19.6 Å². The monoisotopic (exact) mass is 336 g/mol. The molecule has 0 bridgehead atoms. The van der Waals surface area contributed by atoms with Gasteiger partial charge in [0.1, 0.15) is 0 Å². The van der Waals surface area contributed by atoms with Crippen molar-refractivity contribution in [3.05, 3.63) is 35.4 Å². The predicted molar refractivity (Wildman–Crippen MR) is 94.3 cm³/mol. The highest BCUT2D eigenvalue weighted by molar-refractivity contribution is 5.78. The second-order valence-electron chi connectivity index (χ2n) is 6.85. The van der Waals surface area contributed by atoms with Crippen molar-refractivity contribution in [3.63, 3.8) is 0 Å². The molecule has 0 heterocycles. The summed E-state index contributed by atoms with van der Waals surface area (Å²) in [7, 11) is 0. The Bertz CT molecular complexity index is 680. The van der Waals surface area contributed by atoms with Crippen LogP contribution in [0.2, 0.25) is 0 Å². The van der Waals surface area contributed by atoms with Crippen molar-refractivity contribution in [3.8, 4) is 12.1 Å². The van der Waals surface area contributed by atoms with Crippen LogP contribution in [0.5, 0.6) is 0 Å². The van der Waals surface area contributed by atoms with Gasteiger partial charge in [0.15, 0.2) is 0 Å². The summed E-state index contributed by atoms with van der Waals surface area (Å²) >= 11 is 0. The van der Waals surface area contributed by atoms with Gasteiger partial charge in [0.05, 0.1) is 31.5 Å². The first kappa shape index (κ1) is 17.5. The van der Waals surface area contributed by atoms with E-state index in [1.165, 1.54) is 11.1 Å². The van der Waals surface area contributed by atoms with Crippen LogP contribution in [0.3, 0.4) is 0 Å². The Morgan fingerprint density at radius 3 is 2.40 bits per heavy atom. The van der Waals surface area contributed by atoms with E-state index in [4.69, 9.17) is 10.5 Å². The molecule has 2 aliphatic rings. The van der Waals surface area contributed by atoms with E-state index in [0.29, 0.717) is 44.6 Å². The van der Waals surface area contributed by atoms with Crippen molar-refractivity contribution in [2.45, 2.75) is 50.6 Å². The van der Waals surface area contributed by atoms with Crippen LogP contribution in [0.25, 0.3) is 0 Å². The lowest BCUT2D eigenvalue weighted by molar-refractivity contribution is -0.133. The van der Waals surface area contributed by atoms with Gasteiger partial charge in [-0.25, -0.2) is 0 Å². The number of rotatable bonds is 8. The molecule has 1 atom stereocenters. The number of nitrogens with zero attached hydrogens (tertiary/aromatic N) is 4. The van der Waals surface area contributed by atoms with E-state index >= 15 is 0 Å². The number of aryl methyl sites for hydroxylation is 1. The molecule has 0 radical (unpaired) electrons. The smallest absolute Gasteiger partial charge is 0.236 e. The third kappa shape index (κ3) is 4.18. The third-order valence-corrected chi connectivity index (χ3v) is 5.18. The summed E-state index contributed by atoms with van der Waals surface area (Å²) in [6.45, 7) is 1.22. The van der Waals surface area contributed by atoms with Gasteiger partial charge >= 0.3 is 0 Å². The van der Waals surface area contributed by atoms with E-state index in [1.54, 1.807) is 4.90 Å². The molecule has 2 aliphatic carbocycles. The van der Waals surface area contributed by atoms with Crippen LogP contribution in [0.15, 0.2) is 24.3 Å². The molecule has 1 saturated carbocycles. The first-order valence-electron chi connectivity index (χ1n) is 9.10. The van der Waals surface area contributed by atoms with Crippen molar-refractivity contribution in [1.29, 1.82) is 10.5 Å². The Morgan fingerprint density at radius 2 is 1.76 bits per heavy atom. The standard InChI is InChI=1S/C20H24N4O/c21-11-3-13-23(14-4-12-22)20(25)15-24(17-8-9-17)19-10-7-16-5-1-2-6-18(16)19/h1-2,5-6,17,19H,3-4,7-10,13-15H2/t19-/m0/s1. The minimum Gasteiger partial charge on any atom is -0.340 e. The van der Waals surface area contributed by atoms with Gasteiger partial charge in [-0.05, 0) is 36.8 Å². The molecule has 1 aromatic carbocycles. The molecule has 25 heavy (non-hydrogen) atoms. The lowest BCUT2D eigenvalue weighted by Crippen LogP contribution is -2.43. The van der Waals surface area contributed by atoms with Gasteiger partial charge < -0.3 is 4.90 Å². The number of hydrogen-bond acceptors (Lipinski definition) is 4. The highest BCUT2D eigenvalue weighted by Gasteiger charge is 2.38. The third-order valence-electron chi connectivity index (χ3n) is 5.18. The van der Waals surface area contributed by atoms with Crippen LogP contribution >= 0.6 is 0 Å². The lowest BCUT2D eigenvalue weighted by Gasteiger charge is -2.31. The highest BCUT2D eigenvalue weighted by Crippen LogP contribution is 2.41. The van der Waals surface area contributed by atoms with E-state index in [2.05, 4.69) is 41.3 Å². The number of hydrogen-bond donors (Lipinski definition) is 0. The summed E-state index contributed by atoms with van der Waals surface area (Å²) in [6.07, 6.45) is 5.08. The molecule has 1 fully saturated rings. The first-order chi connectivity index (χ1) is 12.2. The molecule has 0 aliphatic heterocycles. The summed E-state index contributed by atoms with van der Waals surface area (Å²) in [5, 5.41) is 17.6. The Labute approximate surface area is 149 Å². The quantitative estimate of drug-likeness (QED) is 0.732. The molecule has 0 N–H and O–H groups in total. The first-order valence-corrected chi connectivity index (χ1v) is 9.10. The minimum atomic E-state index is 0.0433. The minimum absolute atomic E-state index is 0.0433. The Kier molecular flexibility index (Phi) is 5.68.